The highest BCUT2D eigenvalue weighted by Gasteiger charge is 2.15. The first-order valence-corrected chi connectivity index (χ1v) is 15.1. The van der Waals surface area contributed by atoms with Crippen LogP contribution in [0.1, 0.15) is 29.3 Å². The molecule has 1 amide bonds. The monoisotopic (exact) mass is 591 g/mol. The Bertz CT molecular complexity index is 1770. The molecule has 1 N–H and O–H groups in total. The molecule has 1 saturated heterocycles. The predicted octanol–water partition coefficient (Wildman–Crippen LogP) is 7.10. The minimum atomic E-state index is -0.199. The molecule has 4 aromatic carbocycles. The summed E-state index contributed by atoms with van der Waals surface area (Å²) in [5, 5.41) is 5.66. The summed E-state index contributed by atoms with van der Waals surface area (Å²) in [6.45, 7) is 7.32. The van der Waals surface area contributed by atoms with E-state index in [0.717, 1.165) is 78.7 Å². The Balaban J connectivity index is 1.15. The standard InChI is InChI=1S/C36H37N3O5/c1-3-25-8-13-35(41-2)33(22-25)38-36(40)30-7-4-6-26-23-28(10-11-29(26)30)44-34-14-15-37-32-24-27(9-12-31(32)34)43-19-5-16-39-17-20-42-21-18-39/h4,6-15,22-24H,3,5,16-21H2,1-2H3,(H,38,40). The van der Waals surface area contributed by atoms with Crippen molar-refractivity contribution in [2.24, 2.45) is 0 Å². The molecule has 0 unspecified atom stereocenters. The minimum absolute atomic E-state index is 0.199. The number of aryl methyl sites for hydroxylation is 1. The second-order valence-corrected chi connectivity index (χ2v) is 10.8. The van der Waals surface area contributed by atoms with Crippen LogP contribution >= 0.6 is 0 Å². The number of aromatic nitrogens is 1. The van der Waals surface area contributed by atoms with E-state index in [2.05, 4.69) is 22.1 Å². The van der Waals surface area contributed by atoms with Gasteiger partial charge in [0, 0.05) is 42.8 Å². The Morgan fingerprint density at radius 2 is 1.77 bits per heavy atom. The first kappa shape index (κ1) is 29.4. The van der Waals surface area contributed by atoms with Crippen molar-refractivity contribution < 1.29 is 23.7 Å². The lowest BCUT2D eigenvalue weighted by atomic mass is 10.0. The number of hydrogen-bond acceptors (Lipinski definition) is 7. The molecule has 5 aromatic rings. The third kappa shape index (κ3) is 6.77. The molecule has 0 radical (unpaired) electrons. The van der Waals surface area contributed by atoms with Crippen molar-refractivity contribution in [2.75, 3.05) is 51.9 Å². The van der Waals surface area contributed by atoms with Crippen molar-refractivity contribution in [3.8, 4) is 23.0 Å². The quantitative estimate of drug-likeness (QED) is 0.164. The van der Waals surface area contributed by atoms with Crippen LogP contribution in [0, 0.1) is 0 Å². The van der Waals surface area contributed by atoms with Crippen LogP contribution in [-0.2, 0) is 11.2 Å². The molecule has 226 valence electrons. The van der Waals surface area contributed by atoms with Crippen LogP contribution in [0.5, 0.6) is 23.0 Å². The zero-order valence-corrected chi connectivity index (χ0v) is 25.2. The van der Waals surface area contributed by atoms with Gasteiger partial charge < -0.3 is 24.3 Å². The summed E-state index contributed by atoms with van der Waals surface area (Å²) in [7, 11) is 1.60. The molecule has 0 atom stereocenters. The number of rotatable bonds is 11. The van der Waals surface area contributed by atoms with Gasteiger partial charge >= 0.3 is 0 Å². The number of nitrogens with zero attached hydrogens (tertiary/aromatic N) is 2. The first-order valence-electron chi connectivity index (χ1n) is 15.1. The van der Waals surface area contributed by atoms with E-state index in [1.807, 2.05) is 78.9 Å². The molecule has 1 aliphatic heterocycles. The molecule has 6 rings (SSSR count). The van der Waals surface area contributed by atoms with Gasteiger partial charge in [-0.25, -0.2) is 0 Å². The van der Waals surface area contributed by atoms with Gasteiger partial charge in [0.15, 0.2) is 0 Å². The molecule has 2 heterocycles. The maximum atomic E-state index is 13.4. The summed E-state index contributed by atoms with van der Waals surface area (Å²) < 4.78 is 23.3. The second kappa shape index (κ2) is 13.8. The highest BCUT2D eigenvalue weighted by molar-refractivity contribution is 6.13. The number of benzene rings is 4. The van der Waals surface area contributed by atoms with E-state index >= 15 is 0 Å². The molecule has 0 spiro atoms. The number of ether oxygens (including phenoxy) is 4. The summed E-state index contributed by atoms with van der Waals surface area (Å²) in [6.07, 6.45) is 3.56. The van der Waals surface area contributed by atoms with E-state index in [0.29, 0.717) is 35.1 Å². The molecule has 1 aromatic heterocycles. The number of carbonyl (C=O) groups excluding carboxylic acids is 1. The molecular weight excluding hydrogens is 554 g/mol. The first-order chi connectivity index (χ1) is 21.6. The zero-order chi connectivity index (χ0) is 30.3. The molecule has 8 heteroatoms. The summed E-state index contributed by atoms with van der Waals surface area (Å²) >= 11 is 0. The number of morpholine rings is 1. The fourth-order valence-electron chi connectivity index (χ4n) is 5.50. The molecule has 0 saturated carbocycles. The number of carbonyl (C=O) groups is 1. The molecule has 8 nitrogen and oxygen atoms in total. The number of fused-ring (bicyclic) bond motifs is 2. The minimum Gasteiger partial charge on any atom is -0.495 e. The summed E-state index contributed by atoms with van der Waals surface area (Å²) in [5.74, 6) is 2.58. The summed E-state index contributed by atoms with van der Waals surface area (Å²) in [6, 6.07) is 25.0. The van der Waals surface area contributed by atoms with E-state index < -0.39 is 0 Å². The molecule has 44 heavy (non-hydrogen) atoms. The Morgan fingerprint density at radius 1 is 0.932 bits per heavy atom. The molecule has 0 bridgehead atoms. The SMILES string of the molecule is CCc1ccc(OC)c(NC(=O)c2cccc3cc(Oc4ccnc5cc(OCCCN6CCOCC6)ccc45)ccc23)c1. The number of anilines is 1. The smallest absolute Gasteiger partial charge is 0.256 e. The average Bonchev–Trinajstić information content (AvgIpc) is 3.06. The van der Waals surface area contributed by atoms with Crippen molar-refractivity contribution >= 4 is 33.3 Å². The van der Waals surface area contributed by atoms with Gasteiger partial charge in [0.1, 0.15) is 23.0 Å². The second-order valence-electron chi connectivity index (χ2n) is 10.8. The third-order valence-corrected chi connectivity index (χ3v) is 7.91. The topological polar surface area (TPSA) is 82.2 Å². The zero-order valence-electron chi connectivity index (χ0n) is 25.2. The number of methoxy groups -OCH3 is 1. The number of hydrogen-bond donors (Lipinski definition) is 1. The van der Waals surface area contributed by atoms with E-state index in [1.165, 1.54) is 0 Å². The van der Waals surface area contributed by atoms with E-state index in [-0.39, 0.29) is 5.91 Å². The van der Waals surface area contributed by atoms with Gasteiger partial charge in [0.2, 0.25) is 0 Å². The highest BCUT2D eigenvalue weighted by atomic mass is 16.5. The lowest BCUT2D eigenvalue weighted by Crippen LogP contribution is -2.37. The fraction of sp³-hybridized carbons (Fsp3) is 0.278. The van der Waals surface area contributed by atoms with Crippen molar-refractivity contribution in [3.05, 3.63) is 96.2 Å². The Hall–Kier alpha value is -4.66. The van der Waals surface area contributed by atoms with Crippen molar-refractivity contribution in [1.29, 1.82) is 0 Å². The maximum absolute atomic E-state index is 13.4. The van der Waals surface area contributed by atoms with Crippen LogP contribution < -0.4 is 19.5 Å². The van der Waals surface area contributed by atoms with Gasteiger partial charge in [0.25, 0.3) is 5.91 Å². The van der Waals surface area contributed by atoms with Gasteiger partial charge in [-0.1, -0.05) is 25.1 Å². The fourth-order valence-corrected chi connectivity index (χ4v) is 5.50. The van der Waals surface area contributed by atoms with Crippen molar-refractivity contribution in [1.82, 2.24) is 9.88 Å². The van der Waals surface area contributed by atoms with Crippen LogP contribution in [0.15, 0.2) is 85.1 Å². The number of pyridine rings is 1. The molecule has 0 aliphatic carbocycles. The lowest BCUT2D eigenvalue weighted by molar-refractivity contribution is 0.0358. The normalized spacial score (nSPS) is 13.6. The van der Waals surface area contributed by atoms with Gasteiger partial charge in [-0.3, -0.25) is 14.7 Å². The average molecular weight is 592 g/mol. The Morgan fingerprint density at radius 3 is 2.61 bits per heavy atom. The molecule has 1 aliphatic rings. The van der Waals surface area contributed by atoms with E-state index in [1.54, 1.807) is 13.3 Å². The van der Waals surface area contributed by atoms with E-state index in [4.69, 9.17) is 18.9 Å². The van der Waals surface area contributed by atoms with E-state index in [9.17, 15) is 4.79 Å². The van der Waals surface area contributed by atoms with Crippen molar-refractivity contribution in [2.45, 2.75) is 19.8 Å². The maximum Gasteiger partial charge on any atom is 0.256 e. The predicted molar refractivity (Wildman–Crippen MR) is 173 cm³/mol. The Labute approximate surface area is 257 Å². The van der Waals surface area contributed by atoms with Gasteiger partial charge in [-0.05, 0) is 83.8 Å². The van der Waals surface area contributed by atoms with Gasteiger partial charge in [-0.2, -0.15) is 0 Å². The van der Waals surface area contributed by atoms with Crippen LogP contribution in [0.4, 0.5) is 5.69 Å². The summed E-state index contributed by atoms with van der Waals surface area (Å²) in [5.41, 5.74) is 3.15. The number of amides is 1. The van der Waals surface area contributed by atoms with Gasteiger partial charge in [0.05, 0.1) is 38.1 Å². The van der Waals surface area contributed by atoms with Crippen LogP contribution in [-0.4, -0.2) is 62.4 Å². The Kier molecular flexibility index (Phi) is 9.20. The lowest BCUT2D eigenvalue weighted by Gasteiger charge is -2.26. The highest BCUT2D eigenvalue weighted by Crippen LogP contribution is 2.33. The van der Waals surface area contributed by atoms with Crippen molar-refractivity contribution in [3.63, 3.8) is 0 Å². The van der Waals surface area contributed by atoms with Crippen LogP contribution in [0.2, 0.25) is 0 Å². The molecule has 1 fully saturated rings. The third-order valence-electron chi connectivity index (χ3n) is 7.91. The van der Waals surface area contributed by atoms with Crippen LogP contribution in [0.3, 0.4) is 0 Å². The molecular formula is C36H37N3O5. The number of nitrogens with one attached hydrogen (secondary N) is 1. The van der Waals surface area contributed by atoms with Gasteiger partial charge in [-0.15, -0.1) is 0 Å². The summed E-state index contributed by atoms with van der Waals surface area (Å²) in [4.78, 5) is 20.3. The van der Waals surface area contributed by atoms with Crippen LogP contribution in [0.25, 0.3) is 21.7 Å². The largest absolute Gasteiger partial charge is 0.495 e.